The Morgan fingerprint density at radius 3 is 2.50 bits per heavy atom. The van der Waals surface area contributed by atoms with Crippen LogP contribution in [0.15, 0.2) is 23.4 Å². The summed E-state index contributed by atoms with van der Waals surface area (Å²) in [6.45, 7) is 0. The summed E-state index contributed by atoms with van der Waals surface area (Å²) in [7, 11) is -4.30. The van der Waals surface area contributed by atoms with Gasteiger partial charge in [-0.05, 0) is 12.5 Å². The van der Waals surface area contributed by atoms with E-state index in [0.29, 0.717) is 6.07 Å². The van der Waals surface area contributed by atoms with Crippen LogP contribution in [0.2, 0.25) is 0 Å². The van der Waals surface area contributed by atoms with Crippen molar-refractivity contribution in [2.24, 2.45) is 0 Å². The highest BCUT2D eigenvalue weighted by molar-refractivity contribution is 7.89. The summed E-state index contributed by atoms with van der Waals surface area (Å²) in [4.78, 5) is 24.1. The summed E-state index contributed by atoms with van der Waals surface area (Å²) < 4.78 is 38.3. The average molecular weight is 306 g/mol. The Balaban J connectivity index is 2.91. The molecule has 0 unspecified atom stereocenters. The van der Waals surface area contributed by atoms with Crippen molar-refractivity contribution >= 4 is 22.0 Å². The van der Waals surface area contributed by atoms with Crippen LogP contribution in [0.3, 0.4) is 0 Å². The van der Waals surface area contributed by atoms with Crippen molar-refractivity contribution in [3.05, 3.63) is 24.3 Å². The zero-order valence-electron chi connectivity index (χ0n) is 9.98. The second-order valence-electron chi connectivity index (χ2n) is 3.78. The van der Waals surface area contributed by atoms with Crippen LogP contribution in [-0.2, 0) is 19.6 Å². The minimum atomic E-state index is -4.30. The number of carboxylic acids is 2. The third kappa shape index (κ3) is 4.55. The van der Waals surface area contributed by atoms with Gasteiger partial charge in [0.25, 0.3) is 0 Å². The van der Waals surface area contributed by atoms with Gasteiger partial charge in [0.1, 0.15) is 16.8 Å². The quantitative estimate of drug-likeness (QED) is 0.636. The molecule has 1 aromatic rings. The highest BCUT2D eigenvalue weighted by Gasteiger charge is 2.26. The molecule has 0 aromatic carbocycles. The van der Waals surface area contributed by atoms with Gasteiger partial charge in [0.15, 0.2) is 0 Å². The first-order valence-corrected chi connectivity index (χ1v) is 6.78. The van der Waals surface area contributed by atoms with Gasteiger partial charge in [0.2, 0.25) is 10.0 Å². The molecule has 0 fully saturated rings. The first kappa shape index (κ1) is 16.0. The van der Waals surface area contributed by atoms with Gasteiger partial charge in [0.05, 0.1) is 6.20 Å². The Kier molecular flexibility index (Phi) is 5.11. The van der Waals surface area contributed by atoms with Gasteiger partial charge in [-0.3, -0.25) is 14.6 Å². The van der Waals surface area contributed by atoms with Crippen LogP contribution in [0.25, 0.3) is 0 Å². The van der Waals surface area contributed by atoms with Gasteiger partial charge in [-0.1, -0.05) is 0 Å². The molecule has 20 heavy (non-hydrogen) atoms. The molecule has 1 aromatic heterocycles. The molecule has 0 aliphatic rings. The number of pyridine rings is 1. The van der Waals surface area contributed by atoms with Gasteiger partial charge >= 0.3 is 11.9 Å². The number of rotatable bonds is 7. The van der Waals surface area contributed by atoms with Gasteiger partial charge in [-0.15, -0.1) is 0 Å². The summed E-state index contributed by atoms with van der Waals surface area (Å²) in [5, 5.41) is 17.3. The minimum absolute atomic E-state index is 0.438. The number of halogens is 1. The fourth-order valence-electron chi connectivity index (χ4n) is 1.30. The third-order valence-corrected chi connectivity index (χ3v) is 3.67. The summed E-state index contributed by atoms with van der Waals surface area (Å²) in [5.41, 5.74) is 0. The van der Waals surface area contributed by atoms with E-state index in [4.69, 9.17) is 10.2 Å². The van der Waals surface area contributed by atoms with Crippen LogP contribution in [0.1, 0.15) is 12.8 Å². The Morgan fingerprint density at radius 2 is 2.00 bits per heavy atom. The van der Waals surface area contributed by atoms with Gasteiger partial charge in [-0.25, -0.2) is 12.8 Å². The lowest BCUT2D eigenvalue weighted by molar-refractivity contribution is -0.140. The lowest BCUT2D eigenvalue weighted by atomic mass is 10.2. The van der Waals surface area contributed by atoms with Gasteiger partial charge in [0, 0.05) is 12.6 Å². The molecule has 0 amide bonds. The summed E-state index contributed by atoms with van der Waals surface area (Å²) in [6, 6.07) is -0.954. The lowest BCUT2D eigenvalue weighted by Gasteiger charge is -2.13. The maximum atomic E-state index is 12.9. The summed E-state index contributed by atoms with van der Waals surface area (Å²) >= 11 is 0. The zero-order valence-corrected chi connectivity index (χ0v) is 10.8. The Bertz CT molecular complexity index is 618. The lowest BCUT2D eigenvalue weighted by Crippen LogP contribution is -2.41. The highest BCUT2D eigenvalue weighted by atomic mass is 32.2. The molecule has 0 saturated heterocycles. The fraction of sp³-hybridized carbons (Fsp3) is 0.300. The van der Waals surface area contributed by atoms with E-state index in [1.165, 1.54) is 0 Å². The third-order valence-electron chi connectivity index (χ3n) is 2.23. The molecule has 3 N–H and O–H groups in total. The molecule has 0 spiro atoms. The van der Waals surface area contributed by atoms with Crippen molar-refractivity contribution in [1.82, 2.24) is 9.71 Å². The maximum Gasteiger partial charge on any atom is 0.321 e. The van der Waals surface area contributed by atoms with E-state index in [1.807, 2.05) is 0 Å². The Hall–Kier alpha value is -2.07. The van der Waals surface area contributed by atoms with E-state index in [0.717, 1.165) is 12.4 Å². The topological polar surface area (TPSA) is 134 Å². The molecular weight excluding hydrogens is 295 g/mol. The van der Waals surface area contributed by atoms with E-state index in [-0.39, 0.29) is 0 Å². The first-order valence-electron chi connectivity index (χ1n) is 5.30. The number of aliphatic carboxylic acids is 2. The first-order chi connectivity index (χ1) is 9.22. The molecular formula is C10H11FN2O6S. The molecule has 0 bridgehead atoms. The SMILES string of the molecule is O=C(O)CC[C@H](NS(=O)(=O)c1cncc(F)c1)C(=O)O. The Labute approximate surface area is 113 Å². The van der Waals surface area contributed by atoms with Gasteiger partial charge in [-0.2, -0.15) is 4.72 Å². The largest absolute Gasteiger partial charge is 0.481 e. The fourth-order valence-corrected chi connectivity index (χ4v) is 2.49. The normalized spacial score (nSPS) is 12.8. The summed E-state index contributed by atoms with van der Waals surface area (Å²) in [6.07, 6.45) is 0.674. The highest BCUT2D eigenvalue weighted by Crippen LogP contribution is 2.10. The zero-order chi connectivity index (χ0) is 15.3. The Morgan fingerprint density at radius 1 is 1.35 bits per heavy atom. The predicted octanol–water partition coefficient (Wildman–Crippen LogP) is -0.183. The number of carbonyl (C=O) groups is 2. The van der Waals surface area contributed by atoms with Crippen molar-refractivity contribution in [3.63, 3.8) is 0 Å². The molecule has 1 heterocycles. The number of nitrogens with one attached hydrogen (secondary N) is 1. The van der Waals surface area contributed by atoms with Crippen LogP contribution >= 0.6 is 0 Å². The molecule has 110 valence electrons. The molecule has 0 radical (unpaired) electrons. The van der Waals surface area contributed by atoms with E-state index >= 15 is 0 Å². The van der Waals surface area contributed by atoms with Crippen molar-refractivity contribution in [2.75, 3.05) is 0 Å². The predicted molar refractivity (Wildman–Crippen MR) is 62.8 cm³/mol. The van der Waals surface area contributed by atoms with E-state index < -0.39 is 51.6 Å². The van der Waals surface area contributed by atoms with Crippen molar-refractivity contribution < 1.29 is 32.6 Å². The van der Waals surface area contributed by atoms with Crippen LogP contribution in [0.5, 0.6) is 0 Å². The van der Waals surface area contributed by atoms with E-state index in [1.54, 1.807) is 4.72 Å². The van der Waals surface area contributed by atoms with E-state index in [9.17, 15) is 22.4 Å². The van der Waals surface area contributed by atoms with Crippen LogP contribution in [-0.4, -0.2) is 41.6 Å². The molecule has 8 nitrogen and oxygen atoms in total. The van der Waals surface area contributed by atoms with Crippen LogP contribution in [0, 0.1) is 5.82 Å². The molecule has 0 saturated carbocycles. The van der Waals surface area contributed by atoms with Crippen molar-refractivity contribution in [2.45, 2.75) is 23.8 Å². The number of hydrogen-bond donors (Lipinski definition) is 3. The number of carboxylic acid groups (broad SMARTS) is 2. The molecule has 1 atom stereocenters. The smallest absolute Gasteiger partial charge is 0.321 e. The second kappa shape index (κ2) is 6.39. The van der Waals surface area contributed by atoms with Crippen molar-refractivity contribution in [3.8, 4) is 0 Å². The molecule has 1 rings (SSSR count). The van der Waals surface area contributed by atoms with Crippen molar-refractivity contribution in [1.29, 1.82) is 0 Å². The monoisotopic (exact) mass is 306 g/mol. The maximum absolute atomic E-state index is 12.9. The summed E-state index contributed by atoms with van der Waals surface area (Å²) in [5.74, 6) is -3.69. The average Bonchev–Trinajstić information content (AvgIpc) is 2.34. The number of hydrogen-bond acceptors (Lipinski definition) is 5. The number of nitrogens with zero attached hydrogens (tertiary/aromatic N) is 1. The number of sulfonamides is 1. The molecule has 0 aliphatic carbocycles. The minimum Gasteiger partial charge on any atom is -0.481 e. The standard InChI is InChI=1S/C10H11FN2O6S/c11-6-3-7(5-12-4-6)20(18,19)13-8(10(16)17)1-2-9(14)15/h3-5,8,13H,1-2H2,(H,14,15)(H,16,17)/t8-/m0/s1. The molecule has 10 heteroatoms. The van der Waals surface area contributed by atoms with E-state index in [2.05, 4.69) is 4.98 Å². The number of aromatic nitrogens is 1. The van der Waals surface area contributed by atoms with Crippen LogP contribution < -0.4 is 4.72 Å². The van der Waals surface area contributed by atoms with Crippen LogP contribution in [0.4, 0.5) is 4.39 Å². The second-order valence-corrected chi connectivity index (χ2v) is 5.50. The van der Waals surface area contributed by atoms with Gasteiger partial charge < -0.3 is 10.2 Å². The molecule has 0 aliphatic heterocycles.